The highest BCUT2D eigenvalue weighted by molar-refractivity contribution is 7.89. The number of carbonyl (C=O) groups excluding carboxylic acids is 1. The van der Waals surface area contributed by atoms with Gasteiger partial charge in [0.25, 0.3) is 0 Å². The minimum Gasteiger partial charge on any atom is -0.312 e. The predicted octanol–water partition coefficient (Wildman–Crippen LogP) is 3.09. The van der Waals surface area contributed by atoms with Gasteiger partial charge in [0.15, 0.2) is 0 Å². The van der Waals surface area contributed by atoms with Crippen LogP contribution < -0.4 is 9.62 Å². The minimum atomic E-state index is -3.60. The van der Waals surface area contributed by atoms with Gasteiger partial charge in [0.2, 0.25) is 15.9 Å². The maximum Gasteiger partial charge on any atom is 0.240 e. The van der Waals surface area contributed by atoms with Crippen molar-refractivity contribution >= 4 is 21.6 Å². The fourth-order valence-electron chi connectivity index (χ4n) is 4.46. The molecule has 0 aromatic heterocycles. The SMILES string of the molecule is CC(=O)N1CCc2ccc(S(=O)(=O)NCC3CCN(Cc4ccc(C)cc4)CC3)cc21. The summed E-state index contributed by atoms with van der Waals surface area (Å²) in [6, 6.07) is 13.8. The van der Waals surface area contributed by atoms with Gasteiger partial charge in [-0.3, -0.25) is 9.69 Å². The van der Waals surface area contributed by atoms with E-state index in [2.05, 4.69) is 40.8 Å². The smallest absolute Gasteiger partial charge is 0.240 e. The summed E-state index contributed by atoms with van der Waals surface area (Å²) >= 11 is 0. The second-order valence-electron chi connectivity index (χ2n) is 8.77. The van der Waals surface area contributed by atoms with E-state index in [1.807, 2.05) is 6.07 Å². The lowest BCUT2D eigenvalue weighted by Crippen LogP contribution is -2.38. The Morgan fingerprint density at radius 2 is 1.77 bits per heavy atom. The Kier molecular flexibility index (Phi) is 6.46. The van der Waals surface area contributed by atoms with Crippen LogP contribution in [-0.4, -0.2) is 45.4 Å². The van der Waals surface area contributed by atoms with Gasteiger partial charge in [0.1, 0.15) is 0 Å². The number of anilines is 1. The molecule has 0 unspecified atom stereocenters. The molecule has 1 fully saturated rings. The van der Waals surface area contributed by atoms with Crippen molar-refractivity contribution in [2.75, 3.05) is 31.1 Å². The first-order valence-electron chi connectivity index (χ1n) is 11.0. The maximum absolute atomic E-state index is 12.9. The Morgan fingerprint density at radius 3 is 2.45 bits per heavy atom. The minimum absolute atomic E-state index is 0.0568. The van der Waals surface area contributed by atoms with Crippen molar-refractivity contribution in [3.8, 4) is 0 Å². The van der Waals surface area contributed by atoms with E-state index in [-0.39, 0.29) is 10.8 Å². The number of aryl methyl sites for hydroxylation is 1. The van der Waals surface area contributed by atoms with Crippen LogP contribution in [0.1, 0.15) is 36.5 Å². The molecule has 7 heteroatoms. The van der Waals surface area contributed by atoms with E-state index >= 15 is 0 Å². The van der Waals surface area contributed by atoms with Gasteiger partial charge >= 0.3 is 0 Å². The lowest BCUT2D eigenvalue weighted by molar-refractivity contribution is -0.116. The Balaban J connectivity index is 1.31. The third-order valence-electron chi connectivity index (χ3n) is 6.44. The summed E-state index contributed by atoms with van der Waals surface area (Å²) in [7, 11) is -3.60. The van der Waals surface area contributed by atoms with Crippen LogP contribution in [0.25, 0.3) is 0 Å². The van der Waals surface area contributed by atoms with E-state index in [4.69, 9.17) is 0 Å². The summed E-state index contributed by atoms with van der Waals surface area (Å²) < 4.78 is 28.5. The Labute approximate surface area is 185 Å². The molecule has 0 atom stereocenters. The average Bonchev–Trinajstić information content (AvgIpc) is 3.19. The number of carbonyl (C=O) groups is 1. The molecule has 4 rings (SSSR count). The molecule has 1 N–H and O–H groups in total. The van der Waals surface area contributed by atoms with Crippen molar-refractivity contribution in [2.24, 2.45) is 5.92 Å². The van der Waals surface area contributed by atoms with Gasteiger partial charge in [0, 0.05) is 32.2 Å². The number of nitrogens with one attached hydrogen (secondary N) is 1. The van der Waals surface area contributed by atoms with Gasteiger partial charge in [-0.1, -0.05) is 35.9 Å². The molecule has 1 saturated heterocycles. The normalized spacial score (nSPS) is 17.7. The van der Waals surface area contributed by atoms with Crippen molar-refractivity contribution in [3.05, 3.63) is 59.2 Å². The molecular formula is C24H31N3O3S. The molecule has 0 saturated carbocycles. The number of fused-ring (bicyclic) bond motifs is 1. The van der Waals surface area contributed by atoms with Gasteiger partial charge in [-0.15, -0.1) is 0 Å². The van der Waals surface area contributed by atoms with Gasteiger partial charge in [-0.2, -0.15) is 0 Å². The Hall–Kier alpha value is -2.22. The van der Waals surface area contributed by atoms with Gasteiger partial charge < -0.3 is 4.90 Å². The van der Waals surface area contributed by atoms with Crippen molar-refractivity contribution in [1.29, 1.82) is 0 Å². The Bertz CT molecular complexity index is 1040. The van der Waals surface area contributed by atoms with Crippen LogP contribution in [0, 0.1) is 12.8 Å². The van der Waals surface area contributed by atoms with Gasteiger partial charge in [0.05, 0.1) is 4.90 Å². The number of benzene rings is 2. The van der Waals surface area contributed by atoms with Crippen molar-refractivity contribution < 1.29 is 13.2 Å². The first-order chi connectivity index (χ1) is 14.8. The van der Waals surface area contributed by atoms with E-state index in [9.17, 15) is 13.2 Å². The van der Waals surface area contributed by atoms with Crippen molar-refractivity contribution in [2.45, 2.75) is 44.6 Å². The number of hydrogen-bond donors (Lipinski definition) is 1. The zero-order valence-electron chi connectivity index (χ0n) is 18.3. The number of rotatable bonds is 6. The summed E-state index contributed by atoms with van der Waals surface area (Å²) in [6.45, 7) is 7.58. The predicted molar refractivity (Wildman–Crippen MR) is 123 cm³/mol. The third kappa shape index (κ3) is 5.17. The van der Waals surface area contributed by atoms with Gasteiger partial charge in [-0.05, 0) is 68.5 Å². The lowest BCUT2D eigenvalue weighted by Gasteiger charge is -2.32. The molecular weight excluding hydrogens is 410 g/mol. The Morgan fingerprint density at radius 1 is 1.06 bits per heavy atom. The zero-order chi connectivity index (χ0) is 22.0. The van der Waals surface area contributed by atoms with Crippen LogP contribution in [0.5, 0.6) is 0 Å². The van der Waals surface area contributed by atoms with Crippen LogP contribution >= 0.6 is 0 Å². The van der Waals surface area contributed by atoms with E-state index in [1.165, 1.54) is 18.1 Å². The highest BCUT2D eigenvalue weighted by atomic mass is 32.2. The van der Waals surface area contributed by atoms with Crippen LogP contribution in [0.15, 0.2) is 47.4 Å². The van der Waals surface area contributed by atoms with E-state index in [0.29, 0.717) is 19.0 Å². The highest BCUT2D eigenvalue weighted by Crippen LogP contribution is 2.30. The molecule has 2 heterocycles. The number of piperidine rings is 1. The van der Waals surface area contributed by atoms with Gasteiger partial charge in [-0.25, -0.2) is 13.1 Å². The van der Waals surface area contributed by atoms with E-state index in [0.717, 1.165) is 50.1 Å². The molecule has 31 heavy (non-hydrogen) atoms. The molecule has 2 aliphatic heterocycles. The maximum atomic E-state index is 12.9. The molecule has 6 nitrogen and oxygen atoms in total. The summed E-state index contributed by atoms with van der Waals surface area (Å²) in [6.07, 6.45) is 2.73. The number of hydrogen-bond acceptors (Lipinski definition) is 4. The molecule has 1 amide bonds. The molecule has 2 aromatic rings. The first-order valence-corrected chi connectivity index (χ1v) is 12.5. The molecule has 166 valence electrons. The summed E-state index contributed by atoms with van der Waals surface area (Å²) in [5.74, 6) is 0.283. The molecule has 0 radical (unpaired) electrons. The molecule has 0 bridgehead atoms. The standard InChI is InChI=1S/C24H31N3O3S/c1-18-3-5-21(6-4-18)17-26-12-9-20(10-13-26)16-25-31(29,30)23-8-7-22-11-14-27(19(2)28)24(22)15-23/h3-8,15,20,25H,9-14,16-17H2,1-2H3. The first kappa shape index (κ1) is 22.0. The molecule has 2 aromatic carbocycles. The number of likely N-dealkylation sites (tertiary alicyclic amines) is 1. The average molecular weight is 442 g/mol. The van der Waals surface area contributed by atoms with Crippen LogP contribution in [-0.2, 0) is 27.8 Å². The molecule has 0 aliphatic carbocycles. The van der Waals surface area contributed by atoms with Crippen LogP contribution in [0.4, 0.5) is 5.69 Å². The fourth-order valence-corrected chi connectivity index (χ4v) is 5.60. The number of sulfonamides is 1. The highest BCUT2D eigenvalue weighted by Gasteiger charge is 2.26. The van der Waals surface area contributed by atoms with Crippen molar-refractivity contribution in [1.82, 2.24) is 9.62 Å². The second kappa shape index (κ2) is 9.10. The van der Waals surface area contributed by atoms with E-state index in [1.54, 1.807) is 17.0 Å². The topological polar surface area (TPSA) is 69.7 Å². The summed E-state index contributed by atoms with van der Waals surface area (Å²) in [5.41, 5.74) is 4.34. The molecule has 2 aliphatic rings. The lowest BCUT2D eigenvalue weighted by atomic mass is 9.97. The zero-order valence-corrected chi connectivity index (χ0v) is 19.1. The van der Waals surface area contributed by atoms with E-state index < -0.39 is 10.0 Å². The summed E-state index contributed by atoms with van der Waals surface area (Å²) in [4.78, 5) is 16.1. The van der Waals surface area contributed by atoms with Crippen molar-refractivity contribution in [3.63, 3.8) is 0 Å². The fraction of sp³-hybridized carbons (Fsp3) is 0.458. The largest absolute Gasteiger partial charge is 0.312 e. The number of nitrogens with zero attached hydrogens (tertiary/aromatic N) is 2. The third-order valence-corrected chi connectivity index (χ3v) is 7.86. The van der Waals surface area contributed by atoms with Crippen LogP contribution in [0.3, 0.4) is 0 Å². The quantitative estimate of drug-likeness (QED) is 0.748. The summed E-state index contributed by atoms with van der Waals surface area (Å²) in [5, 5.41) is 0. The monoisotopic (exact) mass is 441 g/mol. The number of amides is 1. The second-order valence-corrected chi connectivity index (χ2v) is 10.5. The van der Waals surface area contributed by atoms with Crippen LogP contribution in [0.2, 0.25) is 0 Å². The molecule has 0 spiro atoms.